The molecular formula is C21H25NO5S. The summed E-state index contributed by atoms with van der Waals surface area (Å²) in [5.41, 5.74) is 1.37. The summed E-state index contributed by atoms with van der Waals surface area (Å²) >= 11 is 1.63. The van der Waals surface area contributed by atoms with Gasteiger partial charge in [0.25, 0.3) is 0 Å². The molecule has 2 atom stereocenters. The molecule has 0 saturated carbocycles. The molecule has 2 unspecified atom stereocenters. The predicted octanol–water partition coefficient (Wildman–Crippen LogP) is 3.53. The molecule has 0 aromatic heterocycles. The highest BCUT2D eigenvalue weighted by Gasteiger charge is 2.38. The fraction of sp³-hybridized carbons (Fsp3) is 0.476. The zero-order chi connectivity index (χ0) is 20.1. The number of esters is 1. The summed E-state index contributed by atoms with van der Waals surface area (Å²) in [7, 11) is 0. The molecule has 0 bridgehead atoms. The van der Waals surface area contributed by atoms with Crippen molar-refractivity contribution in [2.24, 2.45) is 10.9 Å². The first-order valence-electron chi connectivity index (χ1n) is 9.55. The smallest absolute Gasteiger partial charge is 0.322 e. The lowest BCUT2D eigenvalue weighted by molar-refractivity contribution is -0.160. The molecule has 0 radical (unpaired) electrons. The van der Waals surface area contributed by atoms with Crippen LogP contribution in [0.2, 0.25) is 0 Å². The summed E-state index contributed by atoms with van der Waals surface area (Å²) in [4.78, 5) is 30.3. The maximum Gasteiger partial charge on any atom is 0.322 e. The number of ketones is 1. The van der Waals surface area contributed by atoms with Crippen molar-refractivity contribution < 1.29 is 23.8 Å². The highest BCUT2D eigenvalue weighted by Crippen LogP contribution is 2.38. The van der Waals surface area contributed by atoms with Gasteiger partial charge in [-0.25, -0.2) is 0 Å². The van der Waals surface area contributed by atoms with Crippen molar-refractivity contribution in [2.45, 2.75) is 33.3 Å². The lowest BCUT2D eigenvalue weighted by Crippen LogP contribution is -2.41. The molecule has 3 rings (SSSR count). The summed E-state index contributed by atoms with van der Waals surface area (Å²) in [5, 5.41) is 0. The number of benzene rings is 1. The second-order valence-corrected chi connectivity index (χ2v) is 7.68. The average molecular weight is 404 g/mol. The van der Waals surface area contributed by atoms with E-state index in [0.717, 1.165) is 22.0 Å². The largest absolute Gasteiger partial charge is 0.494 e. The lowest BCUT2D eigenvalue weighted by atomic mass is 9.91. The van der Waals surface area contributed by atoms with Crippen LogP contribution in [0.5, 0.6) is 11.5 Å². The lowest BCUT2D eigenvalue weighted by Gasteiger charge is -2.25. The van der Waals surface area contributed by atoms with Crippen LogP contribution in [0.15, 0.2) is 29.3 Å². The van der Waals surface area contributed by atoms with Crippen molar-refractivity contribution in [3.8, 4) is 11.5 Å². The Balaban J connectivity index is 1.96. The third kappa shape index (κ3) is 4.58. The standard InChI is InChI=1S/C21H25NO5S/c1-4-25-14-6-7-15(18(11-14)26-5-2)19-12-16(22-8-9-28-19)20-17(23)10-13(3)27-21(20)24/h6-7,11-13,20H,4-5,8-10H2,1-3H3. The zero-order valence-electron chi connectivity index (χ0n) is 16.4. The number of ether oxygens (including phenoxy) is 3. The van der Waals surface area contributed by atoms with Gasteiger partial charge < -0.3 is 14.2 Å². The highest BCUT2D eigenvalue weighted by molar-refractivity contribution is 8.08. The summed E-state index contributed by atoms with van der Waals surface area (Å²) in [6.07, 6.45) is 1.67. The minimum absolute atomic E-state index is 0.137. The van der Waals surface area contributed by atoms with Crippen LogP contribution in [0.4, 0.5) is 0 Å². The van der Waals surface area contributed by atoms with E-state index in [0.29, 0.717) is 31.2 Å². The fourth-order valence-corrected chi connectivity index (χ4v) is 4.18. The van der Waals surface area contributed by atoms with Crippen LogP contribution in [-0.4, -0.2) is 49.1 Å². The number of allylic oxidation sites excluding steroid dienone is 1. The molecule has 2 aliphatic heterocycles. The number of thioether (sulfide) groups is 1. The van der Waals surface area contributed by atoms with Crippen molar-refractivity contribution in [2.75, 3.05) is 25.5 Å². The molecule has 0 N–H and O–H groups in total. The Labute approximate surface area is 169 Å². The normalized spacial score (nSPS) is 22.7. The molecule has 0 amide bonds. The predicted molar refractivity (Wildman–Crippen MR) is 110 cm³/mol. The SMILES string of the molecule is CCOc1ccc(C2=CC(C3C(=O)CC(C)OC3=O)=NCCS2)c(OCC)c1. The van der Waals surface area contributed by atoms with E-state index in [1.54, 1.807) is 18.7 Å². The first-order valence-corrected chi connectivity index (χ1v) is 10.5. The zero-order valence-corrected chi connectivity index (χ0v) is 17.2. The maximum atomic E-state index is 12.5. The molecule has 1 aromatic carbocycles. The van der Waals surface area contributed by atoms with E-state index in [-0.39, 0.29) is 18.3 Å². The minimum Gasteiger partial charge on any atom is -0.494 e. The number of hydrogen-bond acceptors (Lipinski definition) is 7. The van der Waals surface area contributed by atoms with E-state index in [1.165, 1.54) is 0 Å². The Kier molecular flexibility index (Phi) is 6.78. The second kappa shape index (κ2) is 9.28. The van der Waals surface area contributed by atoms with Crippen molar-refractivity contribution in [1.82, 2.24) is 0 Å². The number of carbonyl (C=O) groups is 2. The summed E-state index contributed by atoms with van der Waals surface area (Å²) < 4.78 is 16.7. The monoisotopic (exact) mass is 403 g/mol. The molecule has 150 valence electrons. The van der Waals surface area contributed by atoms with E-state index in [9.17, 15) is 9.59 Å². The third-order valence-corrected chi connectivity index (χ3v) is 5.45. The number of hydrogen-bond donors (Lipinski definition) is 0. The Hall–Kier alpha value is -2.28. The van der Waals surface area contributed by atoms with Gasteiger partial charge in [0.05, 0.1) is 18.9 Å². The van der Waals surface area contributed by atoms with Gasteiger partial charge in [-0.3, -0.25) is 14.6 Å². The molecular weight excluding hydrogens is 378 g/mol. The average Bonchev–Trinajstić information content (AvgIpc) is 2.88. The van der Waals surface area contributed by atoms with Crippen LogP contribution in [0.25, 0.3) is 4.91 Å². The molecule has 28 heavy (non-hydrogen) atoms. The van der Waals surface area contributed by atoms with Gasteiger partial charge >= 0.3 is 5.97 Å². The van der Waals surface area contributed by atoms with Crippen molar-refractivity contribution in [3.63, 3.8) is 0 Å². The number of carbonyl (C=O) groups excluding carboxylic acids is 2. The molecule has 1 fully saturated rings. The molecule has 1 saturated heterocycles. The first kappa shape index (κ1) is 20.5. The van der Waals surface area contributed by atoms with E-state index in [4.69, 9.17) is 14.2 Å². The van der Waals surface area contributed by atoms with Crippen LogP contribution < -0.4 is 9.47 Å². The number of aliphatic imine (C=N–C) groups is 1. The van der Waals surface area contributed by atoms with Gasteiger partial charge in [-0.15, -0.1) is 11.8 Å². The second-order valence-electron chi connectivity index (χ2n) is 6.54. The van der Waals surface area contributed by atoms with Gasteiger partial charge in [-0.05, 0) is 39.0 Å². The van der Waals surface area contributed by atoms with Gasteiger partial charge in [-0.2, -0.15) is 0 Å². The van der Waals surface area contributed by atoms with Crippen LogP contribution in [0, 0.1) is 5.92 Å². The van der Waals surface area contributed by atoms with Gasteiger partial charge in [0.1, 0.15) is 17.6 Å². The minimum atomic E-state index is -0.942. The Morgan fingerprint density at radius 1 is 1.21 bits per heavy atom. The molecule has 0 aliphatic carbocycles. The van der Waals surface area contributed by atoms with Crippen LogP contribution in [0.3, 0.4) is 0 Å². The van der Waals surface area contributed by atoms with Gasteiger partial charge in [0, 0.05) is 35.3 Å². The highest BCUT2D eigenvalue weighted by atomic mass is 32.2. The van der Waals surface area contributed by atoms with E-state index >= 15 is 0 Å². The number of cyclic esters (lactones) is 1. The third-order valence-electron chi connectivity index (χ3n) is 4.41. The van der Waals surface area contributed by atoms with Gasteiger partial charge in [0.2, 0.25) is 0 Å². The molecule has 6 nitrogen and oxygen atoms in total. The van der Waals surface area contributed by atoms with Crippen LogP contribution in [-0.2, 0) is 14.3 Å². The topological polar surface area (TPSA) is 74.2 Å². The van der Waals surface area contributed by atoms with E-state index in [2.05, 4.69) is 4.99 Å². The van der Waals surface area contributed by atoms with Gasteiger partial charge in [0.15, 0.2) is 11.7 Å². The number of nitrogens with zero attached hydrogens (tertiary/aromatic N) is 1. The van der Waals surface area contributed by atoms with Crippen molar-refractivity contribution >= 4 is 34.1 Å². The maximum absolute atomic E-state index is 12.5. The fourth-order valence-electron chi connectivity index (χ4n) is 3.25. The van der Waals surface area contributed by atoms with Crippen LogP contribution >= 0.6 is 11.8 Å². The first-order chi connectivity index (χ1) is 13.5. The molecule has 2 aliphatic rings. The van der Waals surface area contributed by atoms with Crippen molar-refractivity contribution in [1.29, 1.82) is 0 Å². The molecule has 7 heteroatoms. The Morgan fingerprint density at radius 2 is 2.00 bits per heavy atom. The number of rotatable bonds is 6. The molecule has 0 spiro atoms. The summed E-state index contributed by atoms with van der Waals surface area (Å²) in [6, 6.07) is 5.71. The van der Waals surface area contributed by atoms with Crippen LogP contribution in [0.1, 0.15) is 32.8 Å². The quantitative estimate of drug-likeness (QED) is 0.534. The summed E-state index contributed by atoms with van der Waals surface area (Å²) in [6.45, 7) is 7.22. The molecule has 1 aromatic rings. The number of Topliss-reactive ketones (excluding diaryl/α,β-unsaturated/α-hetero) is 1. The Bertz CT molecular complexity index is 799. The molecule has 2 heterocycles. The van der Waals surface area contributed by atoms with E-state index < -0.39 is 11.9 Å². The summed E-state index contributed by atoms with van der Waals surface area (Å²) in [5.74, 6) is 0.606. The van der Waals surface area contributed by atoms with Gasteiger partial charge in [-0.1, -0.05) is 0 Å². The van der Waals surface area contributed by atoms with Crippen molar-refractivity contribution in [3.05, 3.63) is 29.8 Å². The Morgan fingerprint density at radius 3 is 2.71 bits per heavy atom. The van der Waals surface area contributed by atoms with E-state index in [1.807, 2.05) is 38.1 Å².